The van der Waals surface area contributed by atoms with E-state index in [1.807, 2.05) is 11.8 Å². The van der Waals surface area contributed by atoms with Gasteiger partial charge in [-0.3, -0.25) is 9.59 Å². The highest BCUT2D eigenvalue weighted by Crippen LogP contribution is 2.31. The molecule has 19 heavy (non-hydrogen) atoms. The van der Waals surface area contributed by atoms with E-state index in [1.165, 1.54) is 19.4 Å². The van der Waals surface area contributed by atoms with Gasteiger partial charge in [-0.25, -0.2) is 0 Å². The molecule has 0 radical (unpaired) electrons. The van der Waals surface area contributed by atoms with Gasteiger partial charge in [-0.05, 0) is 46.1 Å². The lowest BCUT2D eigenvalue weighted by molar-refractivity contribution is -0.152. The molecule has 3 saturated heterocycles. The Hall–Kier alpha value is -1.10. The van der Waals surface area contributed by atoms with Crippen LogP contribution >= 0.6 is 0 Å². The van der Waals surface area contributed by atoms with E-state index in [-0.39, 0.29) is 29.9 Å². The SMILES string of the molecule is CC1NC(=O)C(C)N(C2CCN3CCCC3C2)C1=O. The van der Waals surface area contributed by atoms with Crippen LogP contribution in [-0.4, -0.2) is 58.9 Å². The molecule has 0 aromatic rings. The summed E-state index contributed by atoms with van der Waals surface area (Å²) < 4.78 is 0. The largest absolute Gasteiger partial charge is 0.343 e. The number of rotatable bonds is 1. The van der Waals surface area contributed by atoms with Crippen LogP contribution in [0.4, 0.5) is 0 Å². The Morgan fingerprint density at radius 3 is 2.68 bits per heavy atom. The van der Waals surface area contributed by atoms with Gasteiger partial charge in [-0.15, -0.1) is 0 Å². The summed E-state index contributed by atoms with van der Waals surface area (Å²) in [7, 11) is 0. The second-order valence-corrected chi connectivity index (χ2v) is 6.16. The molecule has 4 unspecified atom stereocenters. The third-order valence-corrected chi connectivity index (χ3v) is 4.97. The predicted molar refractivity (Wildman–Crippen MR) is 71.5 cm³/mol. The molecule has 0 aliphatic carbocycles. The molecule has 106 valence electrons. The summed E-state index contributed by atoms with van der Waals surface area (Å²) in [5.74, 6) is 0.0736. The fourth-order valence-electron chi connectivity index (χ4n) is 3.89. The summed E-state index contributed by atoms with van der Waals surface area (Å²) in [6.07, 6.45) is 4.56. The Kier molecular flexibility index (Phi) is 3.25. The molecule has 0 saturated carbocycles. The Morgan fingerprint density at radius 2 is 1.89 bits per heavy atom. The molecule has 5 nitrogen and oxygen atoms in total. The Balaban J connectivity index is 1.76. The highest BCUT2D eigenvalue weighted by atomic mass is 16.2. The molecule has 3 aliphatic rings. The van der Waals surface area contributed by atoms with Crippen LogP contribution in [0.2, 0.25) is 0 Å². The zero-order chi connectivity index (χ0) is 13.6. The zero-order valence-electron chi connectivity index (χ0n) is 11.8. The summed E-state index contributed by atoms with van der Waals surface area (Å²) in [6, 6.07) is 0.182. The third kappa shape index (κ3) is 2.14. The molecule has 1 N–H and O–H groups in total. The Labute approximate surface area is 114 Å². The van der Waals surface area contributed by atoms with E-state index in [2.05, 4.69) is 10.2 Å². The van der Waals surface area contributed by atoms with Crippen molar-refractivity contribution in [3.8, 4) is 0 Å². The first-order chi connectivity index (χ1) is 9.08. The van der Waals surface area contributed by atoms with Crippen molar-refractivity contribution in [2.75, 3.05) is 13.1 Å². The Bertz CT molecular complexity index is 398. The number of piperazine rings is 1. The number of fused-ring (bicyclic) bond motifs is 1. The summed E-state index contributed by atoms with van der Waals surface area (Å²) in [6.45, 7) is 5.91. The van der Waals surface area contributed by atoms with E-state index < -0.39 is 0 Å². The van der Waals surface area contributed by atoms with E-state index in [9.17, 15) is 9.59 Å². The van der Waals surface area contributed by atoms with E-state index in [0.717, 1.165) is 19.4 Å². The summed E-state index contributed by atoms with van der Waals surface area (Å²) >= 11 is 0. The Morgan fingerprint density at radius 1 is 1.11 bits per heavy atom. The zero-order valence-corrected chi connectivity index (χ0v) is 11.8. The molecule has 4 atom stereocenters. The van der Waals surface area contributed by atoms with Gasteiger partial charge < -0.3 is 15.1 Å². The fraction of sp³-hybridized carbons (Fsp3) is 0.857. The fourth-order valence-corrected chi connectivity index (χ4v) is 3.89. The third-order valence-electron chi connectivity index (χ3n) is 4.97. The van der Waals surface area contributed by atoms with Crippen LogP contribution < -0.4 is 5.32 Å². The minimum absolute atomic E-state index is 0.0130. The lowest BCUT2D eigenvalue weighted by Crippen LogP contribution is -2.65. The number of amides is 2. The summed E-state index contributed by atoms with van der Waals surface area (Å²) in [4.78, 5) is 28.7. The highest BCUT2D eigenvalue weighted by Gasteiger charge is 2.43. The maximum atomic E-state index is 12.4. The summed E-state index contributed by atoms with van der Waals surface area (Å²) in [5.41, 5.74) is 0. The lowest BCUT2D eigenvalue weighted by atomic mass is 9.93. The number of carbonyl (C=O) groups excluding carboxylic acids is 2. The van der Waals surface area contributed by atoms with Gasteiger partial charge in [0.05, 0.1) is 0 Å². The number of hydrogen-bond acceptors (Lipinski definition) is 3. The smallest absolute Gasteiger partial charge is 0.245 e. The number of nitrogens with one attached hydrogen (secondary N) is 1. The van der Waals surface area contributed by atoms with Gasteiger partial charge in [0.15, 0.2) is 0 Å². The second kappa shape index (κ2) is 4.78. The van der Waals surface area contributed by atoms with Gasteiger partial charge in [-0.2, -0.15) is 0 Å². The molecule has 3 heterocycles. The van der Waals surface area contributed by atoms with Crippen molar-refractivity contribution in [3.05, 3.63) is 0 Å². The van der Waals surface area contributed by atoms with Gasteiger partial charge in [0, 0.05) is 18.6 Å². The maximum absolute atomic E-state index is 12.4. The first-order valence-electron chi connectivity index (χ1n) is 7.44. The van der Waals surface area contributed by atoms with E-state index >= 15 is 0 Å². The van der Waals surface area contributed by atoms with Crippen LogP contribution in [0.25, 0.3) is 0 Å². The molecule has 2 amide bonds. The number of carbonyl (C=O) groups is 2. The number of nitrogens with zero attached hydrogens (tertiary/aromatic N) is 2. The molecular formula is C14H23N3O2. The van der Waals surface area contributed by atoms with Gasteiger partial charge in [0.1, 0.15) is 12.1 Å². The quantitative estimate of drug-likeness (QED) is 0.744. The van der Waals surface area contributed by atoms with Crippen molar-refractivity contribution >= 4 is 11.8 Å². The number of piperidine rings is 1. The molecular weight excluding hydrogens is 242 g/mol. The summed E-state index contributed by atoms with van der Waals surface area (Å²) in [5, 5.41) is 2.75. The minimum Gasteiger partial charge on any atom is -0.343 e. The van der Waals surface area contributed by atoms with Gasteiger partial charge in [0.2, 0.25) is 11.8 Å². The average Bonchev–Trinajstić information content (AvgIpc) is 2.84. The van der Waals surface area contributed by atoms with E-state index in [0.29, 0.717) is 6.04 Å². The van der Waals surface area contributed by atoms with E-state index in [4.69, 9.17) is 0 Å². The maximum Gasteiger partial charge on any atom is 0.245 e. The molecule has 0 aromatic heterocycles. The molecule has 0 spiro atoms. The van der Waals surface area contributed by atoms with E-state index in [1.54, 1.807) is 6.92 Å². The van der Waals surface area contributed by atoms with Gasteiger partial charge in [-0.1, -0.05) is 0 Å². The van der Waals surface area contributed by atoms with Crippen molar-refractivity contribution < 1.29 is 9.59 Å². The molecule has 0 bridgehead atoms. The second-order valence-electron chi connectivity index (χ2n) is 6.16. The topological polar surface area (TPSA) is 52.7 Å². The van der Waals surface area contributed by atoms with Crippen molar-refractivity contribution in [1.29, 1.82) is 0 Å². The molecule has 5 heteroatoms. The molecule has 3 aliphatic heterocycles. The first kappa shape index (κ1) is 12.9. The standard InChI is InChI=1S/C14H23N3O2/c1-9-14(19)17(10(2)13(18)15-9)12-5-7-16-6-3-4-11(16)8-12/h9-12H,3-8H2,1-2H3,(H,15,18). The van der Waals surface area contributed by atoms with Crippen LogP contribution in [-0.2, 0) is 9.59 Å². The van der Waals surface area contributed by atoms with Crippen LogP contribution in [0.1, 0.15) is 39.5 Å². The molecule has 3 fully saturated rings. The van der Waals surface area contributed by atoms with Crippen molar-refractivity contribution in [2.24, 2.45) is 0 Å². The molecule has 0 aromatic carbocycles. The van der Waals surface area contributed by atoms with Gasteiger partial charge >= 0.3 is 0 Å². The highest BCUT2D eigenvalue weighted by molar-refractivity contribution is 5.96. The van der Waals surface area contributed by atoms with Crippen molar-refractivity contribution in [3.63, 3.8) is 0 Å². The minimum atomic E-state index is -0.370. The van der Waals surface area contributed by atoms with Crippen molar-refractivity contribution in [2.45, 2.75) is 63.7 Å². The predicted octanol–water partition coefficient (Wildman–Crippen LogP) is 0.349. The first-order valence-corrected chi connectivity index (χ1v) is 7.44. The lowest BCUT2D eigenvalue weighted by Gasteiger charge is -2.45. The van der Waals surface area contributed by atoms with Crippen LogP contribution in [0, 0.1) is 0 Å². The normalized spacial score (nSPS) is 40.2. The monoisotopic (exact) mass is 265 g/mol. The number of hydrogen-bond donors (Lipinski definition) is 1. The van der Waals surface area contributed by atoms with Gasteiger partial charge in [0.25, 0.3) is 0 Å². The van der Waals surface area contributed by atoms with Crippen LogP contribution in [0.3, 0.4) is 0 Å². The van der Waals surface area contributed by atoms with Crippen molar-refractivity contribution in [1.82, 2.24) is 15.1 Å². The molecule has 3 rings (SSSR count). The average molecular weight is 265 g/mol. The van der Waals surface area contributed by atoms with Crippen LogP contribution in [0.15, 0.2) is 0 Å². The van der Waals surface area contributed by atoms with Crippen LogP contribution in [0.5, 0.6) is 0 Å².